The lowest BCUT2D eigenvalue weighted by molar-refractivity contribution is -0.137. The Morgan fingerprint density at radius 3 is 2.13 bits per heavy atom. The highest BCUT2D eigenvalue weighted by atomic mass is 19.4. The number of ketones is 1. The Labute approximate surface area is 169 Å². The van der Waals surface area contributed by atoms with E-state index in [2.05, 4.69) is 5.32 Å². The summed E-state index contributed by atoms with van der Waals surface area (Å²) in [7, 11) is 0. The van der Waals surface area contributed by atoms with Gasteiger partial charge in [0.25, 0.3) is 0 Å². The Bertz CT molecular complexity index is 1010. The van der Waals surface area contributed by atoms with Crippen LogP contribution in [-0.2, 0) is 15.8 Å². The predicted molar refractivity (Wildman–Crippen MR) is 98.1 cm³/mol. The Kier molecular flexibility index (Phi) is 6.91. The SMILES string of the molecule is CC(=O)C(C(=O)Nc1ccc(F)cc1)C(c1cccc(C(F)(F)F)c1)C(C#N)C#N. The van der Waals surface area contributed by atoms with Crippen LogP contribution in [0.5, 0.6) is 0 Å². The first-order valence-corrected chi connectivity index (χ1v) is 8.61. The maximum Gasteiger partial charge on any atom is 0.416 e. The van der Waals surface area contributed by atoms with Crippen molar-refractivity contribution in [2.24, 2.45) is 11.8 Å². The van der Waals surface area contributed by atoms with E-state index in [1.807, 2.05) is 0 Å². The summed E-state index contributed by atoms with van der Waals surface area (Å²) < 4.78 is 52.4. The van der Waals surface area contributed by atoms with Crippen molar-refractivity contribution in [3.8, 4) is 12.1 Å². The molecule has 9 heteroatoms. The number of amides is 1. The molecule has 0 saturated carbocycles. The summed E-state index contributed by atoms with van der Waals surface area (Å²) in [6, 6.07) is 11.7. The second-order valence-electron chi connectivity index (χ2n) is 6.47. The molecule has 2 aromatic rings. The van der Waals surface area contributed by atoms with E-state index in [0.717, 1.165) is 31.2 Å². The molecule has 2 atom stereocenters. The van der Waals surface area contributed by atoms with E-state index >= 15 is 0 Å². The maximum atomic E-state index is 13.1. The molecule has 0 bridgehead atoms. The number of alkyl halides is 3. The highest BCUT2D eigenvalue weighted by Crippen LogP contribution is 2.37. The van der Waals surface area contributed by atoms with Gasteiger partial charge in [-0.25, -0.2) is 4.39 Å². The number of nitrogens with zero attached hydrogens (tertiary/aromatic N) is 2. The summed E-state index contributed by atoms with van der Waals surface area (Å²) in [5.41, 5.74) is -1.05. The summed E-state index contributed by atoms with van der Waals surface area (Å²) in [6.07, 6.45) is -4.70. The van der Waals surface area contributed by atoms with Gasteiger partial charge in [0.2, 0.25) is 5.91 Å². The van der Waals surface area contributed by atoms with Crippen LogP contribution in [0.4, 0.5) is 23.2 Å². The number of halogens is 4. The standard InChI is InChI=1S/C21H15F4N3O2/c1-12(29)18(20(30)28-17-7-5-16(22)6-8-17)19(14(10-26)11-27)13-3-2-4-15(9-13)21(23,24)25/h2-9,14,18-19H,1H3,(H,28,30). The summed E-state index contributed by atoms with van der Waals surface area (Å²) >= 11 is 0. The normalized spacial score (nSPS) is 13.1. The van der Waals surface area contributed by atoms with E-state index in [1.165, 1.54) is 18.2 Å². The van der Waals surface area contributed by atoms with Gasteiger partial charge in [0.1, 0.15) is 23.4 Å². The molecule has 5 nitrogen and oxygen atoms in total. The van der Waals surface area contributed by atoms with Crippen LogP contribution in [0, 0.1) is 40.3 Å². The van der Waals surface area contributed by atoms with Crippen LogP contribution in [0.3, 0.4) is 0 Å². The second-order valence-corrected chi connectivity index (χ2v) is 6.47. The van der Waals surface area contributed by atoms with Gasteiger partial charge in [-0.3, -0.25) is 9.59 Å². The molecule has 0 fully saturated rings. The van der Waals surface area contributed by atoms with Gasteiger partial charge in [0.05, 0.1) is 17.7 Å². The molecule has 0 spiro atoms. The first-order chi connectivity index (χ1) is 14.1. The lowest BCUT2D eigenvalue weighted by Crippen LogP contribution is -2.36. The van der Waals surface area contributed by atoms with Crippen LogP contribution in [0.2, 0.25) is 0 Å². The van der Waals surface area contributed by atoms with Gasteiger partial charge in [0, 0.05) is 11.6 Å². The first-order valence-electron chi connectivity index (χ1n) is 8.61. The maximum absolute atomic E-state index is 13.1. The van der Waals surface area contributed by atoms with Crippen molar-refractivity contribution >= 4 is 17.4 Å². The third-order valence-corrected chi connectivity index (χ3v) is 4.43. The van der Waals surface area contributed by atoms with Crippen LogP contribution in [0.15, 0.2) is 48.5 Å². The molecule has 0 aromatic heterocycles. The Morgan fingerprint density at radius 2 is 1.63 bits per heavy atom. The van der Waals surface area contributed by atoms with Crippen LogP contribution in [0.1, 0.15) is 24.0 Å². The van der Waals surface area contributed by atoms with Crippen molar-refractivity contribution in [1.29, 1.82) is 10.5 Å². The van der Waals surface area contributed by atoms with Crippen molar-refractivity contribution in [3.63, 3.8) is 0 Å². The average molecular weight is 417 g/mol. The smallest absolute Gasteiger partial charge is 0.325 e. The Balaban J connectivity index is 2.53. The van der Waals surface area contributed by atoms with Gasteiger partial charge in [0.15, 0.2) is 0 Å². The molecule has 2 aromatic carbocycles. The topological polar surface area (TPSA) is 93.8 Å². The molecular formula is C21H15F4N3O2. The fourth-order valence-corrected chi connectivity index (χ4v) is 3.04. The number of rotatable bonds is 6. The molecule has 1 amide bonds. The van der Waals surface area contributed by atoms with Gasteiger partial charge in [-0.2, -0.15) is 23.7 Å². The van der Waals surface area contributed by atoms with Gasteiger partial charge in [-0.15, -0.1) is 0 Å². The third kappa shape index (κ3) is 5.21. The third-order valence-electron chi connectivity index (χ3n) is 4.43. The molecule has 154 valence electrons. The molecule has 2 rings (SSSR count). The molecule has 1 N–H and O–H groups in total. The van der Waals surface area contributed by atoms with E-state index in [0.29, 0.717) is 6.07 Å². The van der Waals surface area contributed by atoms with Crippen molar-refractivity contribution in [2.45, 2.75) is 19.0 Å². The van der Waals surface area contributed by atoms with Crippen LogP contribution in [0.25, 0.3) is 0 Å². The fraction of sp³-hybridized carbons (Fsp3) is 0.238. The molecule has 0 aliphatic heterocycles. The minimum atomic E-state index is -4.70. The number of anilines is 1. The van der Waals surface area contributed by atoms with Gasteiger partial charge < -0.3 is 5.32 Å². The number of hydrogen-bond acceptors (Lipinski definition) is 4. The lowest BCUT2D eigenvalue weighted by atomic mass is 9.75. The highest BCUT2D eigenvalue weighted by Gasteiger charge is 2.40. The van der Waals surface area contributed by atoms with Crippen LogP contribution in [-0.4, -0.2) is 11.7 Å². The molecule has 0 aliphatic rings. The van der Waals surface area contributed by atoms with Gasteiger partial charge in [-0.05, 0) is 42.8 Å². The van der Waals surface area contributed by atoms with Crippen LogP contribution >= 0.6 is 0 Å². The zero-order valence-electron chi connectivity index (χ0n) is 15.6. The Hall–Kier alpha value is -3.72. The van der Waals surface area contributed by atoms with Crippen molar-refractivity contribution in [2.75, 3.05) is 5.32 Å². The number of Topliss-reactive ketones (excluding diaryl/α,β-unsaturated/α-hetero) is 1. The molecule has 2 unspecified atom stereocenters. The minimum absolute atomic E-state index is 0.140. The number of nitriles is 2. The van der Waals surface area contributed by atoms with Crippen LogP contribution < -0.4 is 5.32 Å². The number of carbonyl (C=O) groups is 2. The van der Waals surface area contributed by atoms with E-state index in [1.54, 1.807) is 12.1 Å². The van der Waals surface area contributed by atoms with Crippen molar-refractivity contribution < 1.29 is 27.2 Å². The minimum Gasteiger partial charge on any atom is -0.325 e. The average Bonchev–Trinajstić information content (AvgIpc) is 2.69. The fourth-order valence-electron chi connectivity index (χ4n) is 3.04. The largest absolute Gasteiger partial charge is 0.416 e. The number of nitrogens with one attached hydrogen (secondary N) is 1. The zero-order valence-corrected chi connectivity index (χ0v) is 15.6. The molecule has 0 heterocycles. The lowest BCUT2D eigenvalue weighted by Gasteiger charge is -2.26. The van der Waals surface area contributed by atoms with E-state index in [9.17, 15) is 37.7 Å². The molecule has 0 saturated heterocycles. The molecule has 30 heavy (non-hydrogen) atoms. The summed E-state index contributed by atoms with van der Waals surface area (Å²) in [5, 5.41) is 21.1. The number of carbonyl (C=O) groups excluding carboxylic acids is 2. The first kappa shape index (κ1) is 22.6. The molecule has 0 aliphatic carbocycles. The highest BCUT2D eigenvalue weighted by molar-refractivity contribution is 6.07. The Morgan fingerprint density at radius 1 is 1.03 bits per heavy atom. The molecular weight excluding hydrogens is 402 g/mol. The second kappa shape index (κ2) is 9.19. The van der Waals surface area contributed by atoms with E-state index in [4.69, 9.17) is 0 Å². The zero-order chi connectivity index (χ0) is 22.5. The summed E-state index contributed by atoms with van der Waals surface area (Å²) in [5.74, 6) is -6.86. The number of benzene rings is 2. The summed E-state index contributed by atoms with van der Waals surface area (Å²) in [4.78, 5) is 25.1. The van der Waals surface area contributed by atoms with Crippen molar-refractivity contribution in [1.82, 2.24) is 0 Å². The van der Waals surface area contributed by atoms with E-state index < -0.39 is 47.0 Å². The van der Waals surface area contributed by atoms with E-state index in [-0.39, 0.29) is 11.3 Å². The summed E-state index contributed by atoms with van der Waals surface area (Å²) in [6.45, 7) is 1.04. The van der Waals surface area contributed by atoms with Crippen molar-refractivity contribution in [3.05, 3.63) is 65.5 Å². The van der Waals surface area contributed by atoms with Gasteiger partial charge in [-0.1, -0.05) is 18.2 Å². The quantitative estimate of drug-likeness (QED) is 0.556. The molecule has 0 radical (unpaired) electrons. The number of hydrogen-bond donors (Lipinski definition) is 1. The predicted octanol–water partition coefficient (Wildman–Crippen LogP) is 4.44. The van der Waals surface area contributed by atoms with Gasteiger partial charge >= 0.3 is 6.18 Å². The monoisotopic (exact) mass is 417 g/mol.